The Morgan fingerprint density at radius 1 is 1.24 bits per heavy atom. The SMILES string of the molecule is COC(=O)[C@H]1C(=O)C2=C(C[C@H]1C)NC(C)=C(C(=O)OCCOC(C)C)[C@@H]2c1cccc(F)c1. The first-order valence-electron chi connectivity index (χ1n) is 11.0. The lowest BCUT2D eigenvalue weighted by molar-refractivity contribution is -0.151. The maximum Gasteiger partial charge on any atom is 0.336 e. The van der Waals surface area contributed by atoms with Gasteiger partial charge in [-0.25, -0.2) is 9.18 Å². The number of halogens is 1. The number of ketones is 1. The molecule has 1 heterocycles. The van der Waals surface area contributed by atoms with Gasteiger partial charge in [-0.15, -0.1) is 0 Å². The second-order valence-corrected chi connectivity index (χ2v) is 8.65. The van der Waals surface area contributed by atoms with Crippen LogP contribution in [0.5, 0.6) is 0 Å². The Morgan fingerprint density at radius 3 is 2.61 bits per heavy atom. The third-order valence-electron chi connectivity index (χ3n) is 5.91. The van der Waals surface area contributed by atoms with Crippen LogP contribution in [0.25, 0.3) is 0 Å². The molecule has 0 radical (unpaired) electrons. The minimum atomic E-state index is -0.998. The molecule has 1 N–H and O–H groups in total. The molecule has 0 saturated heterocycles. The number of Topliss-reactive ketones (excluding diaryl/α,β-unsaturated/α-hetero) is 1. The second-order valence-electron chi connectivity index (χ2n) is 8.65. The Bertz CT molecular complexity index is 1010. The number of carbonyl (C=O) groups is 3. The number of allylic oxidation sites excluding steroid dienone is 3. The third-order valence-corrected chi connectivity index (χ3v) is 5.91. The fourth-order valence-corrected chi connectivity index (χ4v) is 4.47. The number of rotatable bonds is 7. The van der Waals surface area contributed by atoms with Crippen LogP contribution in [0.2, 0.25) is 0 Å². The molecule has 8 heteroatoms. The van der Waals surface area contributed by atoms with Crippen molar-refractivity contribution in [3.63, 3.8) is 0 Å². The molecule has 0 spiro atoms. The molecule has 0 aromatic heterocycles. The van der Waals surface area contributed by atoms with Crippen molar-refractivity contribution in [1.82, 2.24) is 5.32 Å². The zero-order valence-corrected chi connectivity index (χ0v) is 19.6. The summed E-state index contributed by atoms with van der Waals surface area (Å²) in [6, 6.07) is 5.77. The zero-order chi connectivity index (χ0) is 24.3. The van der Waals surface area contributed by atoms with Gasteiger partial charge in [0.1, 0.15) is 18.3 Å². The molecule has 33 heavy (non-hydrogen) atoms. The van der Waals surface area contributed by atoms with Gasteiger partial charge in [0.05, 0.1) is 25.4 Å². The zero-order valence-electron chi connectivity index (χ0n) is 19.6. The molecular formula is C25H30FNO6. The van der Waals surface area contributed by atoms with E-state index < -0.39 is 35.4 Å². The summed E-state index contributed by atoms with van der Waals surface area (Å²) in [7, 11) is 1.24. The Labute approximate surface area is 193 Å². The summed E-state index contributed by atoms with van der Waals surface area (Å²) in [6.45, 7) is 7.54. The van der Waals surface area contributed by atoms with Crippen molar-refractivity contribution in [3.8, 4) is 0 Å². The summed E-state index contributed by atoms with van der Waals surface area (Å²) in [4.78, 5) is 39.1. The van der Waals surface area contributed by atoms with E-state index in [2.05, 4.69) is 5.32 Å². The van der Waals surface area contributed by atoms with E-state index in [1.165, 1.54) is 25.3 Å². The van der Waals surface area contributed by atoms with Gasteiger partial charge in [0.2, 0.25) is 0 Å². The lowest BCUT2D eigenvalue weighted by atomic mass is 9.69. The fraction of sp³-hybridized carbons (Fsp3) is 0.480. The van der Waals surface area contributed by atoms with Crippen LogP contribution in [0.4, 0.5) is 4.39 Å². The van der Waals surface area contributed by atoms with E-state index in [4.69, 9.17) is 14.2 Å². The van der Waals surface area contributed by atoms with Crippen LogP contribution in [0.1, 0.15) is 45.6 Å². The molecule has 2 aliphatic rings. The average molecular weight is 460 g/mol. The van der Waals surface area contributed by atoms with Crippen molar-refractivity contribution in [2.24, 2.45) is 11.8 Å². The molecule has 3 rings (SSSR count). The van der Waals surface area contributed by atoms with Crippen LogP contribution < -0.4 is 5.32 Å². The Hall–Kier alpha value is -3.00. The molecule has 0 fully saturated rings. The first-order chi connectivity index (χ1) is 15.6. The summed E-state index contributed by atoms with van der Waals surface area (Å²) >= 11 is 0. The topological polar surface area (TPSA) is 90.9 Å². The van der Waals surface area contributed by atoms with Crippen LogP contribution >= 0.6 is 0 Å². The molecule has 0 bridgehead atoms. The number of carbonyl (C=O) groups excluding carboxylic acids is 3. The van der Waals surface area contributed by atoms with Gasteiger partial charge < -0.3 is 19.5 Å². The van der Waals surface area contributed by atoms with E-state index in [1.807, 2.05) is 13.8 Å². The van der Waals surface area contributed by atoms with E-state index in [1.54, 1.807) is 19.9 Å². The molecule has 178 valence electrons. The molecular weight excluding hydrogens is 429 g/mol. The van der Waals surface area contributed by atoms with Crippen molar-refractivity contribution < 1.29 is 33.0 Å². The largest absolute Gasteiger partial charge is 0.468 e. The highest BCUT2D eigenvalue weighted by Crippen LogP contribution is 2.45. The Morgan fingerprint density at radius 2 is 1.97 bits per heavy atom. The summed E-state index contributed by atoms with van der Waals surface area (Å²) in [5, 5.41) is 3.17. The number of benzene rings is 1. The average Bonchev–Trinajstić information content (AvgIpc) is 2.75. The standard InChI is InChI=1S/C25H30FNO6/c1-13(2)32-9-10-33-25(30)20-15(4)27-18-11-14(3)19(24(29)31-5)23(28)22(18)21(20)16-7-6-8-17(26)12-16/h6-8,12-14,19,21,27H,9-11H2,1-5H3/t14-,19-,21+/m1/s1. The quantitative estimate of drug-likeness (QED) is 0.380. The maximum absolute atomic E-state index is 14.2. The number of esters is 2. The number of methoxy groups -OCH3 is 1. The van der Waals surface area contributed by atoms with Gasteiger partial charge in [-0.05, 0) is 50.8 Å². The Balaban J connectivity index is 2.04. The maximum atomic E-state index is 14.2. The first kappa shape index (κ1) is 24.6. The third kappa shape index (κ3) is 5.16. The molecule has 0 amide bonds. The van der Waals surface area contributed by atoms with Crippen molar-refractivity contribution >= 4 is 17.7 Å². The number of hydrogen-bond acceptors (Lipinski definition) is 7. The second kappa shape index (κ2) is 10.3. The number of dihydropyridines is 1. The van der Waals surface area contributed by atoms with Gasteiger partial charge in [-0.1, -0.05) is 19.1 Å². The van der Waals surface area contributed by atoms with Crippen LogP contribution in [0.3, 0.4) is 0 Å². The molecule has 7 nitrogen and oxygen atoms in total. The minimum absolute atomic E-state index is 0.00846. The molecule has 1 aliphatic heterocycles. The molecule has 0 saturated carbocycles. The van der Waals surface area contributed by atoms with E-state index >= 15 is 0 Å². The van der Waals surface area contributed by atoms with Crippen LogP contribution in [-0.4, -0.2) is 44.1 Å². The van der Waals surface area contributed by atoms with Crippen LogP contribution in [0, 0.1) is 17.7 Å². The van der Waals surface area contributed by atoms with Gasteiger partial charge in [0.25, 0.3) is 0 Å². The smallest absolute Gasteiger partial charge is 0.336 e. The lowest BCUT2D eigenvalue weighted by Gasteiger charge is -2.38. The van der Waals surface area contributed by atoms with Gasteiger partial charge in [-0.2, -0.15) is 0 Å². The van der Waals surface area contributed by atoms with E-state index in [0.717, 1.165) is 0 Å². The van der Waals surface area contributed by atoms with Crippen molar-refractivity contribution in [3.05, 3.63) is 58.2 Å². The highest BCUT2D eigenvalue weighted by Gasteiger charge is 2.47. The number of hydrogen-bond donors (Lipinski definition) is 1. The van der Waals surface area contributed by atoms with E-state index in [9.17, 15) is 18.8 Å². The molecule has 1 aromatic rings. The predicted octanol–water partition coefficient (Wildman–Crippen LogP) is 3.41. The highest BCUT2D eigenvalue weighted by molar-refractivity contribution is 6.12. The first-order valence-corrected chi connectivity index (χ1v) is 11.0. The normalized spacial score (nSPS) is 22.8. The van der Waals surface area contributed by atoms with Crippen LogP contribution in [-0.2, 0) is 28.6 Å². The van der Waals surface area contributed by atoms with Gasteiger partial charge >= 0.3 is 11.9 Å². The van der Waals surface area contributed by atoms with E-state index in [-0.39, 0.29) is 36.4 Å². The summed E-state index contributed by atoms with van der Waals surface area (Å²) in [6.07, 6.45) is 0.403. The van der Waals surface area contributed by atoms with Gasteiger partial charge in [0.15, 0.2) is 5.78 Å². The molecule has 3 atom stereocenters. The van der Waals surface area contributed by atoms with Gasteiger partial charge in [0, 0.05) is 22.9 Å². The monoisotopic (exact) mass is 459 g/mol. The number of nitrogens with one attached hydrogen (secondary N) is 1. The Kier molecular flexibility index (Phi) is 7.68. The molecule has 0 unspecified atom stereocenters. The summed E-state index contributed by atoms with van der Waals surface area (Å²) < 4.78 is 29.9. The highest BCUT2D eigenvalue weighted by atomic mass is 19.1. The van der Waals surface area contributed by atoms with E-state index in [0.29, 0.717) is 23.4 Å². The minimum Gasteiger partial charge on any atom is -0.468 e. The van der Waals surface area contributed by atoms with Gasteiger partial charge in [-0.3, -0.25) is 9.59 Å². The van der Waals surface area contributed by atoms with Crippen molar-refractivity contribution in [1.29, 1.82) is 0 Å². The molecule has 1 aromatic carbocycles. The van der Waals surface area contributed by atoms with Crippen molar-refractivity contribution in [2.75, 3.05) is 20.3 Å². The predicted molar refractivity (Wildman–Crippen MR) is 118 cm³/mol. The summed E-state index contributed by atoms with van der Waals surface area (Å²) in [5.41, 5.74) is 2.05. The van der Waals surface area contributed by atoms with Crippen LogP contribution in [0.15, 0.2) is 46.8 Å². The fourth-order valence-electron chi connectivity index (χ4n) is 4.47. The molecule has 1 aliphatic carbocycles. The number of ether oxygens (including phenoxy) is 3. The summed E-state index contributed by atoms with van der Waals surface area (Å²) in [5.74, 6) is -4.35. The van der Waals surface area contributed by atoms with Crippen molar-refractivity contribution in [2.45, 2.75) is 46.1 Å². The lowest BCUT2D eigenvalue weighted by Crippen LogP contribution is -2.43.